The maximum atomic E-state index is 12.1. The van der Waals surface area contributed by atoms with E-state index in [1.165, 1.54) is 0 Å². The number of rotatable bonds is 7. The lowest BCUT2D eigenvalue weighted by Crippen LogP contribution is -2.44. The standard InChI is InChI=1S/C18H19N3O2/c19-10-4-3-7-16(18(20)23)21-17(22)12-13-8-9-14-5-1-2-6-15(14)11-13/h1-2,5-6,8-9,11,16H,3-4,7,12H2,(H2,20,23)(H,21,22)/t16-/m0/s1. The van der Waals surface area contributed by atoms with E-state index in [0.717, 1.165) is 16.3 Å². The molecule has 0 spiro atoms. The van der Waals surface area contributed by atoms with E-state index >= 15 is 0 Å². The van der Waals surface area contributed by atoms with Gasteiger partial charge in [0, 0.05) is 6.42 Å². The van der Waals surface area contributed by atoms with E-state index in [1.54, 1.807) is 0 Å². The van der Waals surface area contributed by atoms with Gasteiger partial charge < -0.3 is 11.1 Å². The molecule has 2 aromatic carbocycles. The summed E-state index contributed by atoms with van der Waals surface area (Å²) in [6, 6.07) is 15.0. The highest BCUT2D eigenvalue weighted by Crippen LogP contribution is 2.16. The van der Waals surface area contributed by atoms with Gasteiger partial charge in [-0.3, -0.25) is 9.59 Å². The van der Waals surface area contributed by atoms with Gasteiger partial charge in [0.05, 0.1) is 12.5 Å². The molecule has 0 radical (unpaired) electrons. The first kappa shape index (κ1) is 16.5. The van der Waals surface area contributed by atoms with Crippen molar-refractivity contribution in [2.75, 3.05) is 0 Å². The minimum atomic E-state index is -0.726. The summed E-state index contributed by atoms with van der Waals surface area (Å²) in [6.45, 7) is 0. The fourth-order valence-electron chi connectivity index (χ4n) is 2.45. The van der Waals surface area contributed by atoms with E-state index in [-0.39, 0.29) is 12.3 Å². The molecule has 0 aliphatic rings. The molecule has 2 amide bonds. The smallest absolute Gasteiger partial charge is 0.240 e. The Labute approximate surface area is 135 Å². The fourth-order valence-corrected chi connectivity index (χ4v) is 2.45. The summed E-state index contributed by atoms with van der Waals surface area (Å²) in [4.78, 5) is 23.5. The number of primary amides is 1. The molecule has 2 rings (SSSR count). The molecule has 0 bridgehead atoms. The van der Waals surface area contributed by atoms with Crippen molar-refractivity contribution in [3.05, 3.63) is 48.0 Å². The summed E-state index contributed by atoms with van der Waals surface area (Å²) in [6.07, 6.45) is 1.43. The lowest BCUT2D eigenvalue weighted by atomic mass is 10.0. The molecule has 0 unspecified atom stereocenters. The first-order chi connectivity index (χ1) is 11.1. The molecule has 0 saturated heterocycles. The molecule has 3 N–H and O–H groups in total. The topological polar surface area (TPSA) is 96.0 Å². The Hall–Kier alpha value is -2.87. The fraction of sp³-hybridized carbons (Fsp3) is 0.278. The number of fused-ring (bicyclic) bond motifs is 1. The molecule has 0 fully saturated rings. The van der Waals surface area contributed by atoms with Crippen LogP contribution in [0.25, 0.3) is 10.8 Å². The Morgan fingerprint density at radius 3 is 2.61 bits per heavy atom. The molecular formula is C18H19N3O2. The van der Waals surface area contributed by atoms with Gasteiger partial charge in [-0.05, 0) is 29.2 Å². The third kappa shape index (κ3) is 4.82. The second-order valence-corrected chi connectivity index (χ2v) is 5.43. The van der Waals surface area contributed by atoms with Gasteiger partial charge in [-0.15, -0.1) is 0 Å². The highest BCUT2D eigenvalue weighted by molar-refractivity contribution is 5.88. The van der Waals surface area contributed by atoms with Crippen LogP contribution in [0.2, 0.25) is 0 Å². The van der Waals surface area contributed by atoms with Gasteiger partial charge in [0.25, 0.3) is 0 Å². The number of nitrogens with two attached hydrogens (primary N) is 1. The SMILES string of the molecule is N#CCCC[C@H](NC(=O)Cc1ccc2ccccc2c1)C(N)=O. The number of carbonyl (C=O) groups is 2. The maximum Gasteiger partial charge on any atom is 0.240 e. The second kappa shape index (κ2) is 7.95. The van der Waals surface area contributed by atoms with Gasteiger partial charge in [0.15, 0.2) is 0 Å². The van der Waals surface area contributed by atoms with Crippen molar-refractivity contribution in [3.63, 3.8) is 0 Å². The van der Waals surface area contributed by atoms with E-state index in [1.807, 2.05) is 48.5 Å². The summed E-state index contributed by atoms with van der Waals surface area (Å²) >= 11 is 0. The van der Waals surface area contributed by atoms with Gasteiger partial charge in [0.1, 0.15) is 6.04 Å². The first-order valence-electron chi connectivity index (χ1n) is 7.53. The van der Waals surface area contributed by atoms with Gasteiger partial charge >= 0.3 is 0 Å². The number of hydrogen-bond donors (Lipinski definition) is 2. The van der Waals surface area contributed by atoms with E-state index < -0.39 is 11.9 Å². The van der Waals surface area contributed by atoms with Crippen LogP contribution in [0.5, 0.6) is 0 Å². The van der Waals surface area contributed by atoms with Crippen molar-refractivity contribution in [2.45, 2.75) is 31.7 Å². The molecule has 5 nitrogen and oxygen atoms in total. The van der Waals surface area contributed by atoms with Gasteiger partial charge in [-0.25, -0.2) is 0 Å². The average Bonchev–Trinajstić information content (AvgIpc) is 2.54. The lowest BCUT2D eigenvalue weighted by Gasteiger charge is -2.15. The van der Waals surface area contributed by atoms with Crippen LogP contribution in [-0.2, 0) is 16.0 Å². The Bertz CT molecular complexity index is 749. The Balaban J connectivity index is 1.98. The number of carbonyl (C=O) groups excluding carboxylic acids is 2. The predicted molar refractivity (Wildman–Crippen MR) is 88.2 cm³/mol. The number of nitriles is 1. The summed E-state index contributed by atoms with van der Waals surface area (Å²) in [7, 11) is 0. The van der Waals surface area contributed by atoms with Gasteiger partial charge in [-0.1, -0.05) is 42.5 Å². The molecular weight excluding hydrogens is 290 g/mol. The summed E-state index contributed by atoms with van der Waals surface area (Å²) in [5, 5.41) is 13.4. The number of benzene rings is 2. The monoisotopic (exact) mass is 309 g/mol. The zero-order valence-corrected chi connectivity index (χ0v) is 12.8. The Kier molecular flexibility index (Phi) is 5.70. The first-order valence-corrected chi connectivity index (χ1v) is 7.53. The third-order valence-corrected chi connectivity index (χ3v) is 3.64. The van der Waals surface area contributed by atoms with E-state index in [2.05, 4.69) is 5.32 Å². The zero-order chi connectivity index (χ0) is 16.7. The van der Waals surface area contributed by atoms with Crippen LogP contribution < -0.4 is 11.1 Å². The molecule has 0 aliphatic heterocycles. The largest absolute Gasteiger partial charge is 0.368 e. The van der Waals surface area contributed by atoms with Crippen LogP contribution in [0.3, 0.4) is 0 Å². The molecule has 5 heteroatoms. The van der Waals surface area contributed by atoms with Crippen molar-refractivity contribution in [3.8, 4) is 6.07 Å². The zero-order valence-electron chi connectivity index (χ0n) is 12.8. The normalized spacial score (nSPS) is 11.6. The van der Waals surface area contributed by atoms with Crippen LogP contribution in [0, 0.1) is 11.3 Å². The molecule has 0 heterocycles. The number of amides is 2. The predicted octanol–water partition coefficient (Wildman–Crippen LogP) is 2.05. The minimum Gasteiger partial charge on any atom is -0.368 e. The van der Waals surface area contributed by atoms with Crippen molar-refractivity contribution >= 4 is 22.6 Å². The number of nitrogens with one attached hydrogen (secondary N) is 1. The average molecular weight is 309 g/mol. The summed E-state index contributed by atoms with van der Waals surface area (Å²) in [5.41, 5.74) is 6.17. The quantitative estimate of drug-likeness (QED) is 0.766. The molecule has 118 valence electrons. The third-order valence-electron chi connectivity index (χ3n) is 3.64. The molecule has 2 aromatic rings. The van der Waals surface area contributed by atoms with E-state index in [9.17, 15) is 9.59 Å². The number of unbranched alkanes of at least 4 members (excludes halogenated alkanes) is 1. The van der Waals surface area contributed by atoms with Crippen LogP contribution >= 0.6 is 0 Å². The van der Waals surface area contributed by atoms with Crippen molar-refractivity contribution in [1.82, 2.24) is 5.32 Å². The van der Waals surface area contributed by atoms with Crippen LogP contribution in [-0.4, -0.2) is 17.9 Å². The van der Waals surface area contributed by atoms with Crippen LogP contribution in [0.15, 0.2) is 42.5 Å². The molecule has 23 heavy (non-hydrogen) atoms. The van der Waals surface area contributed by atoms with Crippen LogP contribution in [0.1, 0.15) is 24.8 Å². The number of nitrogens with zero attached hydrogens (tertiary/aromatic N) is 1. The Morgan fingerprint density at radius 2 is 1.91 bits per heavy atom. The van der Waals surface area contributed by atoms with E-state index in [4.69, 9.17) is 11.0 Å². The second-order valence-electron chi connectivity index (χ2n) is 5.43. The van der Waals surface area contributed by atoms with Gasteiger partial charge in [0.2, 0.25) is 11.8 Å². The van der Waals surface area contributed by atoms with E-state index in [0.29, 0.717) is 19.3 Å². The Morgan fingerprint density at radius 1 is 1.17 bits per heavy atom. The minimum absolute atomic E-state index is 0.187. The molecule has 0 aromatic heterocycles. The summed E-state index contributed by atoms with van der Waals surface area (Å²) < 4.78 is 0. The summed E-state index contributed by atoms with van der Waals surface area (Å²) in [5.74, 6) is -0.823. The number of hydrogen-bond acceptors (Lipinski definition) is 3. The van der Waals surface area contributed by atoms with Crippen molar-refractivity contribution < 1.29 is 9.59 Å². The highest BCUT2D eigenvalue weighted by Gasteiger charge is 2.17. The van der Waals surface area contributed by atoms with Gasteiger partial charge in [-0.2, -0.15) is 5.26 Å². The van der Waals surface area contributed by atoms with Crippen molar-refractivity contribution in [1.29, 1.82) is 5.26 Å². The molecule has 0 aliphatic carbocycles. The molecule has 0 saturated carbocycles. The maximum absolute atomic E-state index is 12.1. The van der Waals surface area contributed by atoms with Crippen molar-refractivity contribution in [2.24, 2.45) is 5.73 Å². The highest BCUT2D eigenvalue weighted by atomic mass is 16.2. The van der Waals surface area contributed by atoms with Crippen LogP contribution in [0.4, 0.5) is 0 Å². The lowest BCUT2D eigenvalue weighted by molar-refractivity contribution is -0.127. The molecule has 1 atom stereocenters.